The highest BCUT2D eigenvalue weighted by atomic mass is 32.2. The highest BCUT2D eigenvalue weighted by Crippen LogP contribution is 2.50. The van der Waals surface area contributed by atoms with Gasteiger partial charge in [-0.05, 0) is 54.7 Å². The van der Waals surface area contributed by atoms with Crippen LogP contribution in [0.25, 0.3) is 0 Å². The van der Waals surface area contributed by atoms with Crippen LogP contribution in [0.5, 0.6) is 11.5 Å². The van der Waals surface area contributed by atoms with E-state index >= 15 is 0 Å². The summed E-state index contributed by atoms with van der Waals surface area (Å²) >= 11 is 4.11. The predicted octanol–water partition coefficient (Wildman–Crippen LogP) is 5.82. The van der Waals surface area contributed by atoms with Gasteiger partial charge in [0.25, 0.3) is 0 Å². The molecule has 0 aromatic heterocycles. The number of para-hydroxylation sites is 2. The topological polar surface area (TPSA) is 12.5 Å². The van der Waals surface area contributed by atoms with Crippen molar-refractivity contribution >= 4 is 34.9 Å². The molecule has 0 N–H and O–H groups in total. The van der Waals surface area contributed by atoms with Crippen LogP contribution in [0.2, 0.25) is 0 Å². The van der Waals surface area contributed by atoms with Crippen molar-refractivity contribution in [1.82, 2.24) is 0 Å². The van der Waals surface area contributed by atoms with E-state index in [1.54, 1.807) is 0 Å². The zero-order chi connectivity index (χ0) is 14.9. The summed E-state index contributed by atoms with van der Waals surface area (Å²) in [5.74, 6) is 4.47. The fourth-order valence-electron chi connectivity index (χ4n) is 3.02. The molecule has 0 bridgehead atoms. The summed E-state index contributed by atoms with van der Waals surface area (Å²) in [6.45, 7) is 3.13. The van der Waals surface area contributed by atoms with E-state index in [1.165, 1.54) is 29.2 Å². The molecule has 1 saturated heterocycles. The van der Waals surface area contributed by atoms with Crippen LogP contribution in [-0.2, 0) is 0 Å². The molecule has 0 amide bonds. The molecule has 0 aliphatic carbocycles. The van der Waals surface area contributed by atoms with E-state index < -0.39 is 0 Å². The van der Waals surface area contributed by atoms with Crippen LogP contribution in [0, 0.1) is 0 Å². The maximum atomic E-state index is 6.18. The lowest BCUT2D eigenvalue weighted by Gasteiger charge is -2.32. The number of ether oxygens (including phenoxy) is 1. The quantitative estimate of drug-likeness (QED) is 0.688. The maximum absolute atomic E-state index is 6.18. The Morgan fingerprint density at radius 2 is 1.82 bits per heavy atom. The number of fused-ring (bicyclic) bond motifs is 2. The minimum Gasteiger partial charge on any atom is -0.453 e. The van der Waals surface area contributed by atoms with Crippen molar-refractivity contribution in [2.45, 2.75) is 17.9 Å². The number of hydrogen-bond donors (Lipinski definition) is 0. The molecule has 2 aromatic rings. The second-order valence-corrected chi connectivity index (χ2v) is 8.19. The standard InChI is InChI=1S/C18H19NOS2/c1-2-19-14-6-3-4-7-16(14)20-17-12-13(8-9-15(17)19)18-21-10-5-11-22-18/h3-4,6-9,12,18H,2,5,10-11H2,1H3. The molecule has 0 radical (unpaired) electrons. The average molecular weight is 329 g/mol. The van der Waals surface area contributed by atoms with Gasteiger partial charge < -0.3 is 9.64 Å². The van der Waals surface area contributed by atoms with Crippen LogP contribution >= 0.6 is 23.5 Å². The van der Waals surface area contributed by atoms with Gasteiger partial charge in [-0.15, -0.1) is 23.5 Å². The molecule has 0 spiro atoms. The van der Waals surface area contributed by atoms with Crippen molar-refractivity contribution in [2.24, 2.45) is 0 Å². The highest BCUT2D eigenvalue weighted by Gasteiger charge is 2.25. The Labute approximate surface area is 140 Å². The monoisotopic (exact) mass is 329 g/mol. The molecule has 0 saturated carbocycles. The summed E-state index contributed by atoms with van der Waals surface area (Å²) in [6.07, 6.45) is 1.32. The van der Waals surface area contributed by atoms with Crippen molar-refractivity contribution in [1.29, 1.82) is 0 Å². The Kier molecular flexibility index (Phi) is 3.97. The molecular weight excluding hydrogens is 310 g/mol. The first-order chi connectivity index (χ1) is 10.9. The second kappa shape index (κ2) is 6.09. The van der Waals surface area contributed by atoms with Gasteiger partial charge in [0.05, 0.1) is 16.0 Å². The van der Waals surface area contributed by atoms with E-state index in [0.29, 0.717) is 4.58 Å². The Morgan fingerprint density at radius 3 is 2.64 bits per heavy atom. The number of thioether (sulfide) groups is 2. The minimum absolute atomic E-state index is 0.551. The summed E-state index contributed by atoms with van der Waals surface area (Å²) in [7, 11) is 0. The molecule has 0 atom stereocenters. The van der Waals surface area contributed by atoms with Gasteiger partial charge in [0, 0.05) is 6.54 Å². The first-order valence-corrected chi connectivity index (χ1v) is 9.88. The molecule has 114 valence electrons. The van der Waals surface area contributed by atoms with Gasteiger partial charge in [-0.2, -0.15) is 0 Å². The molecule has 4 heteroatoms. The lowest BCUT2D eigenvalue weighted by Crippen LogP contribution is -2.20. The lowest BCUT2D eigenvalue weighted by molar-refractivity contribution is 0.473. The van der Waals surface area contributed by atoms with Gasteiger partial charge in [0.15, 0.2) is 11.5 Å². The Hall–Kier alpha value is -1.26. The number of hydrogen-bond acceptors (Lipinski definition) is 4. The molecule has 0 unspecified atom stereocenters. The van der Waals surface area contributed by atoms with Gasteiger partial charge in [0.2, 0.25) is 0 Å². The third-order valence-electron chi connectivity index (χ3n) is 4.07. The fraction of sp³-hybridized carbons (Fsp3) is 0.333. The van der Waals surface area contributed by atoms with E-state index in [0.717, 1.165) is 23.7 Å². The van der Waals surface area contributed by atoms with Crippen molar-refractivity contribution < 1.29 is 4.74 Å². The van der Waals surface area contributed by atoms with Crippen molar-refractivity contribution in [3.63, 3.8) is 0 Å². The molecule has 2 nitrogen and oxygen atoms in total. The third kappa shape index (κ3) is 2.48. The fourth-order valence-corrected chi connectivity index (χ4v) is 5.89. The highest BCUT2D eigenvalue weighted by molar-refractivity contribution is 8.16. The minimum atomic E-state index is 0.551. The van der Waals surface area contributed by atoms with Crippen molar-refractivity contribution in [3.8, 4) is 11.5 Å². The van der Waals surface area contributed by atoms with Gasteiger partial charge in [-0.1, -0.05) is 18.2 Å². The SMILES string of the molecule is CCN1c2ccccc2Oc2cc(C3SCCCS3)ccc21. The average Bonchev–Trinajstić information content (AvgIpc) is 2.60. The number of nitrogens with zero attached hydrogens (tertiary/aromatic N) is 1. The van der Waals surface area contributed by atoms with E-state index in [1.807, 2.05) is 6.07 Å². The van der Waals surface area contributed by atoms with Crippen LogP contribution in [-0.4, -0.2) is 18.1 Å². The molecule has 2 heterocycles. The maximum Gasteiger partial charge on any atom is 0.151 e. The van der Waals surface area contributed by atoms with E-state index in [9.17, 15) is 0 Å². The van der Waals surface area contributed by atoms with Gasteiger partial charge in [-0.3, -0.25) is 0 Å². The molecule has 4 rings (SSSR count). The van der Waals surface area contributed by atoms with Crippen LogP contribution in [0.4, 0.5) is 11.4 Å². The molecule has 2 aromatic carbocycles. The zero-order valence-electron chi connectivity index (χ0n) is 12.6. The van der Waals surface area contributed by atoms with E-state index in [-0.39, 0.29) is 0 Å². The Balaban J connectivity index is 1.72. The summed E-state index contributed by atoms with van der Waals surface area (Å²) in [5.41, 5.74) is 3.71. The second-order valence-electron chi connectivity index (χ2n) is 5.47. The summed E-state index contributed by atoms with van der Waals surface area (Å²) in [5, 5.41) is 0. The van der Waals surface area contributed by atoms with Crippen molar-refractivity contribution in [3.05, 3.63) is 48.0 Å². The summed E-state index contributed by atoms with van der Waals surface area (Å²) < 4.78 is 6.73. The Bertz CT molecular complexity index is 683. The van der Waals surface area contributed by atoms with Gasteiger partial charge in [0.1, 0.15) is 0 Å². The molecule has 22 heavy (non-hydrogen) atoms. The largest absolute Gasteiger partial charge is 0.453 e. The molecule has 2 aliphatic heterocycles. The molecule has 2 aliphatic rings. The van der Waals surface area contributed by atoms with Crippen LogP contribution in [0.3, 0.4) is 0 Å². The normalized spacial score (nSPS) is 17.6. The van der Waals surface area contributed by atoms with E-state index in [4.69, 9.17) is 4.74 Å². The predicted molar refractivity (Wildman–Crippen MR) is 97.9 cm³/mol. The van der Waals surface area contributed by atoms with Crippen molar-refractivity contribution in [2.75, 3.05) is 23.0 Å². The van der Waals surface area contributed by atoms with Gasteiger partial charge >= 0.3 is 0 Å². The van der Waals surface area contributed by atoms with Gasteiger partial charge in [-0.25, -0.2) is 0 Å². The molecular formula is C18H19NOS2. The summed E-state index contributed by atoms with van der Waals surface area (Å²) in [4.78, 5) is 2.33. The van der Waals surface area contributed by atoms with Crippen LogP contribution < -0.4 is 9.64 Å². The zero-order valence-corrected chi connectivity index (χ0v) is 14.3. The smallest absolute Gasteiger partial charge is 0.151 e. The molecule has 1 fully saturated rings. The number of rotatable bonds is 2. The van der Waals surface area contributed by atoms with Crippen LogP contribution in [0.15, 0.2) is 42.5 Å². The summed E-state index contributed by atoms with van der Waals surface area (Å²) in [6, 6.07) is 15.0. The number of anilines is 2. The number of benzene rings is 2. The van der Waals surface area contributed by atoms with E-state index in [2.05, 4.69) is 71.7 Å². The Morgan fingerprint density at radius 1 is 1.05 bits per heavy atom. The first-order valence-electron chi connectivity index (χ1n) is 7.78. The lowest BCUT2D eigenvalue weighted by atomic mass is 10.1. The first kappa shape index (κ1) is 14.3. The third-order valence-corrected chi connectivity index (χ3v) is 7.08. The van der Waals surface area contributed by atoms with Crippen LogP contribution in [0.1, 0.15) is 23.5 Å².